The number of rotatable bonds is 6. The standard InChI is InChI=1S/C15H23NO3/c1-3-4-5-6-10-13(17)16-12-9-7-8-11-15(12,2)14(18)19/h1,12H,4-11H2,2H3,(H,16,17)(H,18,19). The highest BCUT2D eigenvalue weighted by Crippen LogP contribution is 2.36. The molecule has 1 saturated carbocycles. The molecule has 1 amide bonds. The topological polar surface area (TPSA) is 66.4 Å². The maximum Gasteiger partial charge on any atom is 0.311 e. The Labute approximate surface area is 115 Å². The average molecular weight is 265 g/mol. The first kappa shape index (κ1) is 15.6. The van der Waals surface area contributed by atoms with Crippen molar-refractivity contribution in [2.45, 2.75) is 64.3 Å². The van der Waals surface area contributed by atoms with Gasteiger partial charge in [0.15, 0.2) is 0 Å². The lowest BCUT2D eigenvalue weighted by Crippen LogP contribution is -2.52. The molecular weight excluding hydrogens is 242 g/mol. The molecule has 0 aromatic carbocycles. The molecule has 1 aliphatic carbocycles. The van der Waals surface area contributed by atoms with E-state index in [0.29, 0.717) is 19.3 Å². The molecule has 0 aromatic rings. The molecule has 0 aliphatic heterocycles. The van der Waals surface area contributed by atoms with E-state index < -0.39 is 11.4 Å². The van der Waals surface area contributed by atoms with Crippen LogP contribution >= 0.6 is 0 Å². The van der Waals surface area contributed by atoms with E-state index in [1.807, 2.05) is 0 Å². The van der Waals surface area contributed by atoms with E-state index in [1.54, 1.807) is 6.92 Å². The van der Waals surface area contributed by atoms with Gasteiger partial charge in [0.25, 0.3) is 0 Å². The molecule has 2 atom stereocenters. The summed E-state index contributed by atoms with van der Waals surface area (Å²) in [6.45, 7) is 1.73. The SMILES string of the molecule is C#CCCCCC(=O)NC1CCCCC1(C)C(=O)O. The van der Waals surface area contributed by atoms with Crippen LogP contribution in [0.25, 0.3) is 0 Å². The number of unbranched alkanes of at least 4 members (excludes halogenated alkanes) is 2. The lowest BCUT2D eigenvalue weighted by molar-refractivity contribution is -0.152. The van der Waals surface area contributed by atoms with Crippen LogP contribution in [0.15, 0.2) is 0 Å². The van der Waals surface area contributed by atoms with Crippen LogP contribution in [0.5, 0.6) is 0 Å². The molecule has 19 heavy (non-hydrogen) atoms. The van der Waals surface area contributed by atoms with Crippen LogP contribution in [-0.4, -0.2) is 23.0 Å². The highest BCUT2D eigenvalue weighted by atomic mass is 16.4. The summed E-state index contributed by atoms with van der Waals surface area (Å²) < 4.78 is 0. The summed E-state index contributed by atoms with van der Waals surface area (Å²) in [5.74, 6) is 1.67. The number of carboxylic acid groups (broad SMARTS) is 1. The molecular formula is C15H23NO3. The minimum absolute atomic E-state index is 0.0589. The van der Waals surface area contributed by atoms with Gasteiger partial charge in [-0.15, -0.1) is 12.3 Å². The van der Waals surface area contributed by atoms with Crippen LogP contribution in [-0.2, 0) is 9.59 Å². The summed E-state index contributed by atoms with van der Waals surface area (Å²) in [6.07, 6.45) is 11.1. The van der Waals surface area contributed by atoms with Gasteiger partial charge in [-0.05, 0) is 32.6 Å². The molecule has 4 heteroatoms. The lowest BCUT2D eigenvalue weighted by atomic mass is 9.71. The number of amides is 1. The minimum atomic E-state index is -0.827. The summed E-state index contributed by atoms with van der Waals surface area (Å²) >= 11 is 0. The third kappa shape index (κ3) is 4.27. The van der Waals surface area contributed by atoms with Gasteiger partial charge in [-0.3, -0.25) is 9.59 Å². The van der Waals surface area contributed by atoms with Crippen molar-refractivity contribution in [2.24, 2.45) is 5.41 Å². The first-order valence-electron chi connectivity index (χ1n) is 6.97. The Balaban J connectivity index is 2.47. The average Bonchev–Trinajstić information content (AvgIpc) is 2.37. The second-order valence-electron chi connectivity index (χ2n) is 5.50. The van der Waals surface area contributed by atoms with E-state index >= 15 is 0 Å². The first-order chi connectivity index (χ1) is 9.00. The minimum Gasteiger partial charge on any atom is -0.481 e. The van der Waals surface area contributed by atoms with Gasteiger partial charge in [-0.1, -0.05) is 12.8 Å². The summed E-state index contributed by atoms with van der Waals surface area (Å²) in [5, 5.41) is 12.2. The fraction of sp³-hybridized carbons (Fsp3) is 0.733. The largest absolute Gasteiger partial charge is 0.481 e. The van der Waals surface area contributed by atoms with E-state index in [0.717, 1.165) is 32.1 Å². The molecule has 2 N–H and O–H groups in total. The van der Waals surface area contributed by atoms with Crippen molar-refractivity contribution in [1.82, 2.24) is 5.32 Å². The highest BCUT2D eigenvalue weighted by molar-refractivity contribution is 5.79. The van der Waals surface area contributed by atoms with Crippen molar-refractivity contribution >= 4 is 11.9 Å². The van der Waals surface area contributed by atoms with Crippen LogP contribution < -0.4 is 5.32 Å². The normalized spacial score (nSPS) is 26.4. The molecule has 1 fully saturated rings. The van der Waals surface area contributed by atoms with Crippen LogP contribution in [0.1, 0.15) is 58.3 Å². The molecule has 4 nitrogen and oxygen atoms in total. The Morgan fingerprint density at radius 2 is 2.16 bits per heavy atom. The molecule has 0 saturated heterocycles. The third-order valence-electron chi connectivity index (χ3n) is 4.01. The van der Waals surface area contributed by atoms with Gasteiger partial charge in [-0.2, -0.15) is 0 Å². The van der Waals surface area contributed by atoms with Gasteiger partial charge in [0.1, 0.15) is 0 Å². The van der Waals surface area contributed by atoms with Crippen molar-refractivity contribution in [2.75, 3.05) is 0 Å². The quantitative estimate of drug-likeness (QED) is 0.572. The number of hydrogen-bond donors (Lipinski definition) is 2. The van der Waals surface area contributed by atoms with Crippen LogP contribution in [0.3, 0.4) is 0 Å². The van der Waals surface area contributed by atoms with Crippen LogP contribution in [0, 0.1) is 17.8 Å². The summed E-state index contributed by atoms with van der Waals surface area (Å²) in [4.78, 5) is 23.2. The van der Waals surface area contributed by atoms with Crippen molar-refractivity contribution in [3.05, 3.63) is 0 Å². The number of aliphatic carboxylic acids is 1. The predicted molar refractivity (Wildman–Crippen MR) is 73.4 cm³/mol. The van der Waals surface area contributed by atoms with Gasteiger partial charge in [0.05, 0.1) is 5.41 Å². The number of hydrogen-bond acceptors (Lipinski definition) is 2. The molecule has 106 valence electrons. The van der Waals surface area contributed by atoms with Crippen LogP contribution in [0.2, 0.25) is 0 Å². The number of carboxylic acids is 1. The zero-order valence-electron chi connectivity index (χ0n) is 11.6. The van der Waals surface area contributed by atoms with E-state index in [4.69, 9.17) is 6.42 Å². The van der Waals surface area contributed by atoms with E-state index in [-0.39, 0.29) is 11.9 Å². The Bertz CT molecular complexity index is 372. The fourth-order valence-electron chi connectivity index (χ4n) is 2.60. The number of terminal acetylenes is 1. The lowest BCUT2D eigenvalue weighted by Gasteiger charge is -2.38. The first-order valence-corrected chi connectivity index (χ1v) is 6.97. The highest BCUT2D eigenvalue weighted by Gasteiger charge is 2.43. The molecule has 0 bridgehead atoms. The third-order valence-corrected chi connectivity index (χ3v) is 4.01. The summed E-state index contributed by atoms with van der Waals surface area (Å²) in [5.41, 5.74) is -0.827. The zero-order valence-corrected chi connectivity index (χ0v) is 11.6. The fourth-order valence-corrected chi connectivity index (χ4v) is 2.60. The number of carbonyl (C=O) groups excluding carboxylic acids is 1. The van der Waals surface area contributed by atoms with Crippen molar-refractivity contribution in [3.8, 4) is 12.3 Å². The molecule has 0 spiro atoms. The second kappa shape index (κ2) is 7.18. The van der Waals surface area contributed by atoms with Gasteiger partial charge < -0.3 is 10.4 Å². The van der Waals surface area contributed by atoms with Crippen LogP contribution in [0.4, 0.5) is 0 Å². The Hall–Kier alpha value is -1.50. The van der Waals surface area contributed by atoms with E-state index in [9.17, 15) is 14.7 Å². The maximum absolute atomic E-state index is 11.8. The molecule has 0 heterocycles. The Kier molecular flexibility index (Phi) is 5.88. The second-order valence-corrected chi connectivity index (χ2v) is 5.50. The number of nitrogens with one attached hydrogen (secondary N) is 1. The Morgan fingerprint density at radius 3 is 2.79 bits per heavy atom. The van der Waals surface area contributed by atoms with Crippen molar-refractivity contribution in [1.29, 1.82) is 0 Å². The molecule has 1 aliphatic rings. The molecule has 0 radical (unpaired) electrons. The monoisotopic (exact) mass is 265 g/mol. The summed E-state index contributed by atoms with van der Waals surface area (Å²) in [7, 11) is 0. The molecule has 0 aromatic heterocycles. The summed E-state index contributed by atoms with van der Waals surface area (Å²) in [6, 6.07) is -0.251. The van der Waals surface area contributed by atoms with Crippen molar-refractivity contribution in [3.63, 3.8) is 0 Å². The predicted octanol–water partition coefficient (Wildman–Crippen LogP) is 2.33. The van der Waals surface area contributed by atoms with Gasteiger partial charge in [-0.25, -0.2) is 0 Å². The van der Waals surface area contributed by atoms with Gasteiger partial charge >= 0.3 is 5.97 Å². The van der Waals surface area contributed by atoms with E-state index in [1.165, 1.54) is 0 Å². The maximum atomic E-state index is 11.8. The molecule has 1 rings (SSSR count). The molecule has 2 unspecified atom stereocenters. The Morgan fingerprint density at radius 1 is 1.42 bits per heavy atom. The van der Waals surface area contributed by atoms with Gasteiger partial charge in [0, 0.05) is 18.9 Å². The zero-order chi connectivity index (χ0) is 14.3. The van der Waals surface area contributed by atoms with E-state index in [2.05, 4.69) is 11.2 Å². The van der Waals surface area contributed by atoms with Gasteiger partial charge in [0.2, 0.25) is 5.91 Å². The van der Waals surface area contributed by atoms with Crippen molar-refractivity contribution < 1.29 is 14.7 Å². The number of carbonyl (C=O) groups is 2. The smallest absolute Gasteiger partial charge is 0.311 e.